The van der Waals surface area contributed by atoms with Crippen molar-refractivity contribution in [3.63, 3.8) is 0 Å². The van der Waals surface area contributed by atoms with E-state index in [2.05, 4.69) is 28.0 Å². The van der Waals surface area contributed by atoms with Crippen LogP contribution in [0, 0.1) is 6.92 Å². The second-order valence-electron chi connectivity index (χ2n) is 7.05. The van der Waals surface area contributed by atoms with E-state index in [0.717, 1.165) is 16.9 Å². The third-order valence-corrected chi connectivity index (χ3v) is 4.57. The van der Waals surface area contributed by atoms with Crippen LogP contribution >= 0.6 is 0 Å². The third-order valence-electron chi connectivity index (χ3n) is 4.57. The predicted molar refractivity (Wildman–Crippen MR) is 123 cm³/mol. The van der Waals surface area contributed by atoms with Crippen LogP contribution in [0.4, 0.5) is 0 Å². The molecule has 2 amide bonds. The van der Waals surface area contributed by atoms with E-state index in [1.54, 1.807) is 31.4 Å². The molecule has 0 aromatic heterocycles. The Balaban J connectivity index is 1.40. The molecule has 0 unspecified atom stereocenters. The Hall–Kier alpha value is -4.13. The molecular weight excluding hydrogens is 406 g/mol. The van der Waals surface area contributed by atoms with Crippen LogP contribution in [0.15, 0.2) is 77.9 Å². The number of hydrogen-bond donors (Lipinski definition) is 2. The van der Waals surface area contributed by atoms with Gasteiger partial charge in [0.05, 0.1) is 19.9 Å². The quantitative estimate of drug-likeness (QED) is 0.401. The molecule has 0 radical (unpaired) electrons. The minimum Gasteiger partial charge on any atom is -0.497 e. The molecule has 0 aliphatic carbocycles. The van der Waals surface area contributed by atoms with Gasteiger partial charge < -0.3 is 14.8 Å². The Kier molecular flexibility index (Phi) is 7.97. The molecular formula is C25H25N3O4. The van der Waals surface area contributed by atoms with E-state index in [9.17, 15) is 9.59 Å². The number of nitrogens with one attached hydrogen (secondary N) is 2. The average molecular weight is 431 g/mol. The molecule has 0 saturated heterocycles. The van der Waals surface area contributed by atoms with Gasteiger partial charge >= 0.3 is 0 Å². The summed E-state index contributed by atoms with van der Waals surface area (Å²) in [7, 11) is 1.55. The molecule has 0 saturated carbocycles. The molecule has 3 aromatic carbocycles. The van der Waals surface area contributed by atoms with E-state index < -0.39 is 5.91 Å². The fourth-order valence-corrected chi connectivity index (χ4v) is 2.72. The fraction of sp³-hybridized carbons (Fsp3) is 0.160. The number of hydrazone groups is 1. The molecule has 7 nitrogen and oxygen atoms in total. The molecule has 3 aromatic rings. The van der Waals surface area contributed by atoms with Gasteiger partial charge in [0.25, 0.3) is 11.8 Å². The number of hydrogen-bond acceptors (Lipinski definition) is 5. The van der Waals surface area contributed by atoms with Gasteiger partial charge in [0.15, 0.2) is 0 Å². The van der Waals surface area contributed by atoms with E-state index in [-0.39, 0.29) is 12.5 Å². The van der Waals surface area contributed by atoms with Gasteiger partial charge in [0.1, 0.15) is 18.1 Å². The number of rotatable bonds is 9. The average Bonchev–Trinajstić information content (AvgIpc) is 2.83. The summed E-state index contributed by atoms with van der Waals surface area (Å²) >= 11 is 0. The maximum absolute atomic E-state index is 12.1. The second-order valence-corrected chi connectivity index (χ2v) is 7.05. The van der Waals surface area contributed by atoms with Crippen LogP contribution < -0.4 is 20.2 Å². The number of carbonyl (C=O) groups is 2. The Labute approximate surface area is 187 Å². The summed E-state index contributed by atoms with van der Waals surface area (Å²) in [6, 6.07) is 22.1. The van der Waals surface area contributed by atoms with Crippen LogP contribution in [-0.2, 0) is 11.4 Å². The van der Waals surface area contributed by atoms with Crippen LogP contribution in [0.5, 0.6) is 11.5 Å². The van der Waals surface area contributed by atoms with Gasteiger partial charge in [0, 0.05) is 5.56 Å². The summed E-state index contributed by atoms with van der Waals surface area (Å²) in [6.07, 6.45) is 1.52. The second kappa shape index (κ2) is 11.3. The first-order valence-electron chi connectivity index (χ1n) is 10.1. The van der Waals surface area contributed by atoms with Crippen LogP contribution in [0.25, 0.3) is 0 Å². The van der Waals surface area contributed by atoms with E-state index >= 15 is 0 Å². The first-order chi connectivity index (χ1) is 15.5. The standard InChI is InChI=1S/C25H25N3O4/c1-18-3-5-20(6-4-18)17-32-23-11-7-19(8-12-23)15-27-28-24(29)16-26-25(30)21-9-13-22(31-2)14-10-21/h3-15H,16-17H2,1-2H3,(H,26,30)(H,28,29). The van der Waals surface area contributed by atoms with Crippen molar-refractivity contribution in [3.05, 3.63) is 95.1 Å². The Bertz CT molecular complexity index is 1060. The predicted octanol–water partition coefficient (Wildman–Crippen LogP) is 3.46. The SMILES string of the molecule is COc1ccc(C(=O)NCC(=O)NN=Cc2ccc(OCc3ccc(C)cc3)cc2)cc1. The number of ether oxygens (including phenoxy) is 2. The topological polar surface area (TPSA) is 89.0 Å². The van der Waals surface area contributed by atoms with E-state index in [4.69, 9.17) is 9.47 Å². The highest BCUT2D eigenvalue weighted by atomic mass is 16.5. The highest BCUT2D eigenvalue weighted by Gasteiger charge is 2.07. The van der Waals surface area contributed by atoms with Crippen molar-refractivity contribution in [2.75, 3.05) is 13.7 Å². The van der Waals surface area contributed by atoms with Gasteiger partial charge in [-0.2, -0.15) is 5.10 Å². The van der Waals surface area contributed by atoms with E-state index in [0.29, 0.717) is 17.9 Å². The van der Waals surface area contributed by atoms with Crippen LogP contribution in [-0.4, -0.2) is 31.7 Å². The maximum Gasteiger partial charge on any atom is 0.259 e. The summed E-state index contributed by atoms with van der Waals surface area (Å²) in [5, 5.41) is 6.45. The minimum atomic E-state index is -0.429. The van der Waals surface area contributed by atoms with Crippen molar-refractivity contribution in [1.29, 1.82) is 0 Å². The number of aryl methyl sites for hydroxylation is 1. The highest BCUT2D eigenvalue weighted by Crippen LogP contribution is 2.14. The lowest BCUT2D eigenvalue weighted by Crippen LogP contribution is -2.34. The van der Waals surface area contributed by atoms with Gasteiger partial charge in [-0.25, -0.2) is 5.43 Å². The number of amides is 2. The molecule has 0 spiro atoms. The Morgan fingerprint density at radius 3 is 2.22 bits per heavy atom. The Morgan fingerprint density at radius 2 is 1.56 bits per heavy atom. The van der Waals surface area contributed by atoms with Crippen LogP contribution in [0.2, 0.25) is 0 Å². The lowest BCUT2D eigenvalue weighted by Gasteiger charge is -2.07. The van der Waals surface area contributed by atoms with Crippen LogP contribution in [0.3, 0.4) is 0 Å². The van der Waals surface area contributed by atoms with Gasteiger partial charge in [0.2, 0.25) is 0 Å². The van der Waals surface area contributed by atoms with Gasteiger partial charge in [-0.05, 0) is 66.6 Å². The third kappa shape index (κ3) is 6.98. The van der Waals surface area contributed by atoms with Gasteiger partial charge in [-0.15, -0.1) is 0 Å². The smallest absolute Gasteiger partial charge is 0.259 e. The summed E-state index contributed by atoms with van der Waals surface area (Å²) in [6.45, 7) is 2.35. The highest BCUT2D eigenvalue weighted by molar-refractivity contribution is 5.96. The molecule has 0 heterocycles. The molecule has 0 fully saturated rings. The first kappa shape index (κ1) is 22.6. The zero-order chi connectivity index (χ0) is 22.8. The lowest BCUT2D eigenvalue weighted by molar-refractivity contribution is -0.120. The monoisotopic (exact) mass is 431 g/mol. The molecule has 164 valence electrons. The summed E-state index contributed by atoms with van der Waals surface area (Å²) in [5.41, 5.74) is 5.94. The first-order valence-corrected chi connectivity index (χ1v) is 10.1. The van der Waals surface area contributed by atoms with Crippen molar-refractivity contribution in [1.82, 2.24) is 10.7 Å². The van der Waals surface area contributed by atoms with Gasteiger partial charge in [-0.3, -0.25) is 9.59 Å². The molecule has 0 aliphatic heterocycles. The van der Waals surface area contributed by atoms with Crippen molar-refractivity contribution in [3.8, 4) is 11.5 Å². The summed E-state index contributed by atoms with van der Waals surface area (Å²) in [4.78, 5) is 23.9. The molecule has 0 aliphatic rings. The largest absolute Gasteiger partial charge is 0.497 e. The zero-order valence-electron chi connectivity index (χ0n) is 18.0. The summed E-state index contributed by atoms with van der Waals surface area (Å²) < 4.78 is 10.8. The molecule has 7 heteroatoms. The van der Waals surface area contributed by atoms with Crippen molar-refractivity contribution >= 4 is 18.0 Å². The lowest BCUT2D eigenvalue weighted by atomic mass is 10.2. The van der Waals surface area contributed by atoms with Crippen molar-refractivity contribution in [2.24, 2.45) is 5.10 Å². The normalized spacial score (nSPS) is 10.6. The Morgan fingerprint density at radius 1 is 0.906 bits per heavy atom. The van der Waals surface area contributed by atoms with Crippen molar-refractivity contribution in [2.45, 2.75) is 13.5 Å². The number of carbonyl (C=O) groups excluding carboxylic acids is 2. The fourth-order valence-electron chi connectivity index (χ4n) is 2.72. The maximum atomic E-state index is 12.1. The number of benzene rings is 3. The van der Waals surface area contributed by atoms with Crippen LogP contribution in [0.1, 0.15) is 27.0 Å². The summed E-state index contributed by atoms with van der Waals surface area (Å²) in [5.74, 6) is 0.613. The molecule has 0 bridgehead atoms. The zero-order valence-corrected chi connectivity index (χ0v) is 18.0. The van der Waals surface area contributed by atoms with Crippen molar-refractivity contribution < 1.29 is 19.1 Å². The van der Waals surface area contributed by atoms with Gasteiger partial charge in [-0.1, -0.05) is 29.8 Å². The number of methoxy groups -OCH3 is 1. The molecule has 2 N–H and O–H groups in total. The molecule has 3 rings (SSSR count). The van der Waals surface area contributed by atoms with E-state index in [1.807, 2.05) is 43.3 Å². The molecule has 32 heavy (non-hydrogen) atoms. The molecule has 0 atom stereocenters. The van der Waals surface area contributed by atoms with E-state index in [1.165, 1.54) is 11.8 Å². The minimum absolute atomic E-state index is 0.187. The number of nitrogens with zero attached hydrogens (tertiary/aromatic N) is 1.